The Kier molecular flexibility index (Phi) is 9.51. The minimum atomic E-state index is -0.143. The van der Waals surface area contributed by atoms with E-state index in [-0.39, 0.29) is 18.2 Å². The second-order valence-corrected chi connectivity index (χ2v) is 10.6. The Hall–Kier alpha value is -4.77. The summed E-state index contributed by atoms with van der Waals surface area (Å²) in [5.74, 6) is 0.186. The zero-order valence-electron chi connectivity index (χ0n) is 22.4. The molecular formula is C30H30N8O2S. The van der Waals surface area contributed by atoms with E-state index in [1.165, 1.54) is 11.3 Å². The molecule has 10 nitrogen and oxygen atoms in total. The van der Waals surface area contributed by atoms with E-state index >= 15 is 0 Å². The van der Waals surface area contributed by atoms with Crippen molar-refractivity contribution in [2.75, 3.05) is 10.6 Å². The highest BCUT2D eigenvalue weighted by Crippen LogP contribution is 2.18. The van der Waals surface area contributed by atoms with Gasteiger partial charge in [0.1, 0.15) is 5.01 Å². The maximum atomic E-state index is 12.6. The van der Waals surface area contributed by atoms with E-state index in [0.717, 1.165) is 53.1 Å². The summed E-state index contributed by atoms with van der Waals surface area (Å²) < 4.78 is 1.85. The van der Waals surface area contributed by atoms with Crippen LogP contribution in [0.1, 0.15) is 40.2 Å². The van der Waals surface area contributed by atoms with Gasteiger partial charge in [0, 0.05) is 18.8 Å². The molecule has 0 aliphatic heterocycles. The second-order valence-electron chi connectivity index (χ2n) is 9.58. The molecular weight excluding hydrogens is 536 g/mol. The first kappa shape index (κ1) is 27.8. The molecule has 0 saturated carbocycles. The number of aryl methyl sites for hydroxylation is 2. The number of anilines is 2. The standard InChI is InChI=1S/C30H30N8O2S/c39-27(20-23-10-6-11-24(18-23)21-38-17-7-16-31-38)32-26-15-14-25(34-35-26)12-4-5-13-29-36-37-30(41-29)33-28(40)19-22-8-2-1-3-9-22/h1-3,6-11,14-18H,4-5,12-13,19-21H2,(H,32,35,39)(H,33,37,40). The summed E-state index contributed by atoms with van der Waals surface area (Å²) >= 11 is 1.40. The van der Waals surface area contributed by atoms with Crippen molar-refractivity contribution in [2.45, 2.75) is 45.1 Å². The maximum Gasteiger partial charge on any atom is 0.230 e. The summed E-state index contributed by atoms with van der Waals surface area (Å²) in [6.07, 6.45) is 7.57. The van der Waals surface area contributed by atoms with Crippen LogP contribution < -0.4 is 10.6 Å². The molecule has 0 unspecified atom stereocenters. The van der Waals surface area contributed by atoms with Gasteiger partial charge in [0.25, 0.3) is 0 Å². The Bertz CT molecular complexity index is 1550. The monoisotopic (exact) mass is 566 g/mol. The van der Waals surface area contributed by atoms with Crippen LogP contribution in [0.15, 0.2) is 85.2 Å². The quantitative estimate of drug-likeness (QED) is 0.201. The molecule has 5 aromatic rings. The number of amides is 2. The Balaban J connectivity index is 1.01. The summed E-state index contributed by atoms with van der Waals surface area (Å²) in [5.41, 5.74) is 3.83. The van der Waals surface area contributed by atoms with Gasteiger partial charge in [-0.3, -0.25) is 14.3 Å². The van der Waals surface area contributed by atoms with Crippen molar-refractivity contribution in [3.05, 3.63) is 113 Å². The first-order valence-electron chi connectivity index (χ1n) is 13.4. The fraction of sp³-hybridized carbons (Fsp3) is 0.233. The molecule has 2 N–H and O–H groups in total. The molecule has 0 saturated heterocycles. The Labute approximate surface area is 241 Å². The largest absolute Gasteiger partial charge is 0.309 e. The number of nitrogens with zero attached hydrogens (tertiary/aromatic N) is 6. The fourth-order valence-corrected chi connectivity index (χ4v) is 5.08. The smallest absolute Gasteiger partial charge is 0.230 e. The third kappa shape index (κ3) is 8.87. The topological polar surface area (TPSA) is 128 Å². The summed E-state index contributed by atoms with van der Waals surface area (Å²) in [4.78, 5) is 24.8. The molecule has 3 aromatic heterocycles. The van der Waals surface area contributed by atoms with Crippen LogP contribution in [-0.2, 0) is 41.8 Å². The SMILES string of the molecule is O=C(Cc1cccc(Cn2cccn2)c1)Nc1ccc(CCCCc2nnc(NC(=O)Cc3ccccc3)s2)nn1. The molecule has 2 aromatic carbocycles. The molecule has 208 valence electrons. The van der Waals surface area contributed by atoms with E-state index in [9.17, 15) is 9.59 Å². The van der Waals surface area contributed by atoms with Gasteiger partial charge in [-0.25, -0.2) is 0 Å². The van der Waals surface area contributed by atoms with E-state index in [4.69, 9.17) is 0 Å². The zero-order valence-corrected chi connectivity index (χ0v) is 23.3. The third-order valence-electron chi connectivity index (χ3n) is 6.24. The summed E-state index contributed by atoms with van der Waals surface area (Å²) in [5, 5.41) is 28.0. The highest BCUT2D eigenvalue weighted by molar-refractivity contribution is 7.15. The highest BCUT2D eigenvalue weighted by Gasteiger charge is 2.10. The van der Waals surface area contributed by atoms with Crippen molar-refractivity contribution >= 4 is 34.1 Å². The van der Waals surface area contributed by atoms with Crippen LogP contribution in [0.5, 0.6) is 0 Å². The van der Waals surface area contributed by atoms with E-state index in [2.05, 4.69) is 36.1 Å². The number of rotatable bonds is 13. The predicted molar refractivity (Wildman–Crippen MR) is 157 cm³/mol. The molecule has 0 bridgehead atoms. The predicted octanol–water partition coefficient (Wildman–Crippen LogP) is 4.50. The molecule has 0 spiro atoms. The van der Waals surface area contributed by atoms with Crippen molar-refractivity contribution in [3.8, 4) is 0 Å². The van der Waals surface area contributed by atoms with Crippen LogP contribution in [0.2, 0.25) is 0 Å². The zero-order chi connectivity index (χ0) is 28.3. The normalized spacial score (nSPS) is 10.8. The van der Waals surface area contributed by atoms with Crippen molar-refractivity contribution in [3.63, 3.8) is 0 Å². The minimum Gasteiger partial charge on any atom is -0.309 e. The van der Waals surface area contributed by atoms with Crippen LogP contribution in [0.3, 0.4) is 0 Å². The molecule has 2 amide bonds. The lowest BCUT2D eigenvalue weighted by Crippen LogP contribution is -2.16. The van der Waals surface area contributed by atoms with Crippen LogP contribution in [-0.4, -0.2) is 42.0 Å². The lowest BCUT2D eigenvalue weighted by molar-refractivity contribution is -0.116. The van der Waals surface area contributed by atoms with Crippen molar-refractivity contribution in [1.29, 1.82) is 0 Å². The van der Waals surface area contributed by atoms with Gasteiger partial charge >= 0.3 is 0 Å². The van der Waals surface area contributed by atoms with E-state index in [1.807, 2.05) is 77.6 Å². The molecule has 0 fully saturated rings. The first-order valence-corrected chi connectivity index (χ1v) is 14.2. The maximum absolute atomic E-state index is 12.6. The summed E-state index contributed by atoms with van der Waals surface area (Å²) in [6.45, 7) is 0.657. The molecule has 41 heavy (non-hydrogen) atoms. The number of hydrogen-bond acceptors (Lipinski definition) is 8. The van der Waals surface area contributed by atoms with Crippen molar-refractivity contribution in [1.82, 2.24) is 30.2 Å². The molecule has 0 radical (unpaired) electrons. The van der Waals surface area contributed by atoms with Gasteiger partial charge in [0.2, 0.25) is 16.9 Å². The van der Waals surface area contributed by atoms with Gasteiger partial charge in [-0.2, -0.15) is 10.2 Å². The lowest BCUT2D eigenvalue weighted by Gasteiger charge is -2.07. The molecule has 0 aliphatic carbocycles. The number of benzene rings is 2. The average molecular weight is 567 g/mol. The van der Waals surface area contributed by atoms with Gasteiger partial charge < -0.3 is 10.6 Å². The lowest BCUT2D eigenvalue weighted by atomic mass is 10.1. The van der Waals surface area contributed by atoms with Gasteiger partial charge in [-0.05, 0) is 54.2 Å². The summed E-state index contributed by atoms with van der Waals surface area (Å²) in [7, 11) is 0. The number of nitrogens with one attached hydrogen (secondary N) is 2. The number of carbonyl (C=O) groups is 2. The molecule has 5 rings (SSSR count). The van der Waals surface area contributed by atoms with Gasteiger partial charge in [0.05, 0.1) is 25.1 Å². The molecule has 0 atom stereocenters. The van der Waals surface area contributed by atoms with Crippen molar-refractivity contribution < 1.29 is 9.59 Å². The van der Waals surface area contributed by atoms with Crippen LogP contribution in [0, 0.1) is 0 Å². The molecule has 11 heteroatoms. The molecule has 3 heterocycles. The van der Waals surface area contributed by atoms with Gasteiger partial charge in [-0.1, -0.05) is 65.9 Å². The Morgan fingerprint density at radius 3 is 2.32 bits per heavy atom. The Morgan fingerprint density at radius 2 is 1.51 bits per heavy atom. The summed E-state index contributed by atoms with van der Waals surface area (Å²) in [6, 6.07) is 23.1. The highest BCUT2D eigenvalue weighted by atomic mass is 32.1. The van der Waals surface area contributed by atoms with E-state index in [0.29, 0.717) is 23.9 Å². The second kappa shape index (κ2) is 14.0. The molecule has 0 aliphatic rings. The van der Waals surface area contributed by atoms with E-state index in [1.54, 1.807) is 12.3 Å². The van der Waals surface area contributed by atoms with E-state index < -0.39 is 0 Å². The minimum absolute atomic E-state index is 0.104. The fourth-order valence-electron chi connectivity index (χ4n) is 4.28. The third-order valence-corrected chi connectivity index (χ3v) is 7.14. The van der Waals surface area contributed by atoms with Crippen molar-refractivity contribution in [2.24, 2.45) is 0 Å². The Morgan fingerprint density at radius 1 is 0.732 bits per heavy atom. The number of carbonyl (C=O) groups excluding carboxylic acids is 2. The number of hydrogen-bond donors (Lipinski definition) is 2. The first-order chi connectivity index (χ1) is 20.1. The van der Waals surface area contributed by atoms with Gasteiger partial charge in [0.15, 0.2) is 5.82 Å². The van der Waals surface area contributed by atoms with Crippen LogP contribution >= 0.6 is 11.3 Å². The van der Waals surface area contributed by atoms with Crippen LogP contribution in [0.4, 0.5) is 10.9 Å². The van der Waals surface area contributed by atoms with Gasteiger partial charge in [-0.15, -0.1) is 15.3 Å². The number of unbranched alkanes of at least 4 members (excludes halogenated alkanes) is 1. The van der Waals surface area contributed by atoms with Crippen LogP contribution in [0.25, 0.3) is 0 Å². The number of aromatic nitrogens is 6. The average Bonchev–Trinajstić information content (AvgIpc) is 3.65.